The molecular formula is C23H26ClFN6. The maximum atomic E-state index is 13.5. The lowest BCUT2D eigenvalue weighted by Gasteiger charge is -2.18. The normalized spacial score (nSPS) is 23.3. The Kier molecular flexibility index (Phi) is 5.40. The molecule has 5 rings (SSSR count). The Balaban J connectivity index is 1.16. The molecule has 2 fully saturated rings. The fraction of sp³-hybridized carbons (Fsp3) is 0.435. The second-order valence-corrected chi connectivity index (χ2v) is 9.25. The highest BCUT2D eigenvalue weighted by Gasteiger charge is 2.41. The van der Waals surface area contributed by atoms with E-state index in [4.69, 9.17) is 11.6 Å². The summed E-state index contributed by atoms with van der Waals surface area (Å²) in [6.07, 6.45) is 5.65. The van der Waals surface area contributed by atoms with Gasteiger partial charge in [0.1, 0.15) is 5.82 Å². The topological polar surface area (TPSA) is 58.9 Å². The van der Waals surface area contributed by atoms with Crippen molar-refractivity contribution in [3.63, 3.8) is 0 Å². The monoisotopic (exact) mass is 440 g/mol. The van der Waals surface area contributed by atoms with Gasteiger partial charge in [-0.3, -0.25) is 9.58 Å². The molecule has 8 heteroatoms. The smallest absolute Gasteiger partial charge is 0.222 e. The van der Waals surface area contributed by atoms with Crippen LogP contribution in [0.3, 0.4) is 0 Å². The van der Waals surface area contributed by atoms with Crippen molar-refractivity contribution >= 4 is 17.5 Å². The maximum Gasteiger partial charge on any atom is 0.222 e. The van der Waals surface area contributed by atoms with Gasteiger partial charge < -0.3 is 5.32 Å². The first-order valence-electron chi connectivity index (χ1n) is 10.7. The molecule has 31 heavy (non-hydrogen) atoms. The summed E-state index contributed by atoms with van der Waals surface area (Å²) in [7, 11) is 2.00. The number of hydrogen-bond donors (Lipinski definition) is 1. The molecule has 1 unspecified atom stereocenters. The van der Waals surface area contributed by atoms with Crippen molar-refractivity contribution in [2.75, 3.05) is 18.4 Å². The van der Waals surface area contributed by atoms with Crippen LogP contribution in [0.4, 0.5) is 10.3 Å². The van der Waals surface area contributed by atoms with E-state index in [2.05, 4.69) is 38.3 Å². The highest BCUT2D eigenvalue weighted by atomic mass is 35.5. The molecular weight excluding hydrogens is 415 g/mol. The Morgan fingerprint density at radius 1 is 1.13 bits per heavy atom. The molecule has 6 nitrogen and oxygen atoms in total. The summed E-state index contributed by atoms with van der Waals surface area (Å²) in [5.74, 6) is 1.69. The first-order chi connectivity index (χ1) is 14.9. The Morgan fingerprint density at radius 2 is 1.84 bits per heavy atom. The molecule has 3 heterocycles. The molecule has 0 radical (unpaired) electrons. The summed E-state index contributed by atoms with van der Waals surface area (Å²) in [6.45, 7) is 5.26. The van der Waals surface area contributed by atoms with E-state index in [-0.39, 0.29) is 5.82 Å². The summed E-state index contributed by atoms with van der Waals surface area (Å²) in [5, 5.41) is 8.57. The van der Waals surface area contributed by atoms with Gasteiger partial charge in [0.2, 0.25) is 5.95 Å². The van der Waals surface area contributed by atoms with Crippen LogP contribution in [0, 0.1) is 24.6 Å². The fourth-order valence-corrected chi connectivity index (χ4v) is 5.25. The number of nitrogens with one attached hydrogen (secondary N) is 1. The Bertz CT molecular complexity index is 1050. The highest BCUT2D eigenvalue weighted by Crippen LogP contribution is 2.39. The van der Waals surface area contributed by atoms with Gasteiger partial charge in [0.15, 0.2) is 0 Å². The predicted octanol–water partition coefficient (Wildman–Crippen LogP) is 4.30. The first kappa shape index (κ1) is 20.4. The van der Waals surface area contributed by atoms with E-state index in [0.717, 1.165) is 38.2 Å². The molecule has 3 aromatic rings. The molecule has 1 aliphatic heterocycles. The zero-order valence-corrected chi connectivity index (χ0v) is 18.5. The molecule has 1 saturated heterocycles. The second kappa shape index (κ2) is 8.20. The minimum atomic E-state index is -0.327. The van der Waals surface area contributed by atoms with Crippen LogP contribution >= 0.6 is 11.6 Å². The number of aromatic nitrogens is 4. The second-order valence-electron chi connectivity index (χ2n) is 8.85. The van der Waals surface area contributed by atoms with Gasteiger partial charge in [0, 0.05) is 67.0 Å². The number of likely N-dealkylation sites (tertiary alicyclic amines) is 1. The van der Waals surface area contributed by atoms with Crippen LogP contribution in [0.15, 0.2) is 36.7 Å². The summed E-state index contributed by atoms with van der Waals surface area (Å²) in [4.78, 5) is 11.4. The number of rotatable bonds is 5. The molecule has 1 N–H and O–H groups in total. The molecule has 2 aliphatic rings. The van der Waals surface area contributed by atoms with E-state index in [1.165, 1.54) is 17.8 Å². The number of aryl methyl sites for hydroxylation is 2. The average molecular weight is 441 g/mol. The van der Waals surface area contributed by atoms with Gasteiger partial charge in [-0.2, -0.15) is 5.10 Å². The van der Waals surface area contributed by atoms with E-state index in [0.29, 0.717) is 40.0 Å². The number of fused-ring (bicyclic) bond motifs is 1. The van der Waals surface area contributed by atoms with Crippen molar-refractivity contribution in [1.82, 2.24) is 24.6 Å². The van der Waals surface area contributed by atoms with Crippen molar-refractivity contribution in [2.24, 2.45) is 18.9 Å². The lowest BCUT2D eigenvalue weighted by atomic mass is 10.0. The summed E-state index contributed by atoms with van der Waals surface area (Å²) in [6, 6.07) is 6.87. The molecule has 1 aromatic carbocycles. The number of hydrogen-bond acceptors (Lipinski definition) is 5. The van der Waals surface area contributed by atoms with Gasteiger partial charge >= 0.3 is 0 Å². The largest absolute Gasteiger partial charge is 0.351 e. The Hall–Kier alpha value is -2.51. The standard InChI is InChI=1S/C23H26ClFN6/c1-14-5-20(29-30(14)2)13-31-11-15-6-19(7-16(15)12-31)28-23-26-9-17(10-27-23)21-8-18(25)3-4-22(21)24/h3-5,8-10,15-16,19H,6-7,11-13H2,1-2H3,(H,26,27,28)/t15-,16+,19?. The van der Waals surface area contributed by atoms with Crippen molar-refractivity contribution in [2.45, 2.75) is 32.4 Å². The van der Waals surface area contributed by atoms with Crippen molar-refractivity contribution < 1.29 is 4.39 Å². The average Bonchev–Trinajstić information content (AvgIpc) is 3.37. The molecule has 0 amide bonds. The number of benzene rings is 1. The van der Waals surface area contributed by atoms with Crippen molar-refractivity contribution in [1.29, 1.82) is 0 Å². The van der Waals surface area contributed by atoms with E-state index in [9.17, 15) is 4.39 Å². The first-order valence-corrected chi connectivity index (χ1v) is 11.1. The van der Waals surface area contributed by atoms with Crippen molar-refractivity contribution in [3.05, 3.63) is 58.9 Å². The Labute approximate surface area is 186 Å². The van der Waals surface area contributed by atoms with E-state index >= 15 is 0 Å². The minimum absolute atomic E-state index is 0.327. The van der Waals surface area contributed by atoms with Crippen LogP contribution in [0.1, 0.15) is 24.2 Å². The lowest BCUT2D eigenvalue weighted by Crippen LogP contribution is -2.25. The summed E-state index contributed by atoms with van der Waals surface area (Å²) >= 11 is 6.19. The number of halogens is 2. The highest BCUT2D eigenvalue weighted by molar-refractivity contribution is 6.33. The number of anilines is 1. The maximum absolute atomic E-state index is 13.5. The minimum Gasteiger partial charge on any atom is -0.351 e. The van der Waals surface area contributed by atoms with Crippen LogP contribution < -0.4 is 5.32 Å². The summed E-state index contributed by atoms with van der Waals surface area (Å²) in [5.41, 5.74) is 3.66. The van der Waals surface area contributed by atoms with E-state index in [1.807, 2.05) is 11.7 Å². The number of nitrogens with zero attached hydrogens (tertiary/aromatic N) is 5. The molecule has 1 saturated carbocycles. The molecule has 3 atom stereocenters. The van der Waals surface area contributed by atoms with Gasteiger partial charge in [-0.05, 0) is 55.9 Å². The van der Waals surface area contributed by atoms with Crippen LogP contribution in [-0.2, 0) is 13.6 Å². The van der Waals surface area contributed by atoms with Gasteiger partial charge in [-0.25, -0.2) is 14.4 Å². The molecule has 0 bridgehead atoms. The van der Waals surface area contributed by atoms with Gasteiger partial charge in [-0.1, -0.05) is 11.6 Å². The summed E-state index contributed by atoms with van der Waals surface area (Å²) < 4.78 is 15.5. The van der Waals surface area contributed by atoms with Gasteiger partial charge in [0.25, 0.3) is 0 Å². The van der Waals surface area contributed by atoms with Crippen LogP contribution in [0.5, 0.6) is 0 Å². The van der Waals surface area contributed by atoms with Gasteiger partial charge in [-0.15, -0.1) is 0 Å². The predicted molar refractivity (Wildman–Crippen MR) is 119 cm³/mol. The van der Waals surface area contributed by atoms with Crippen LogP contribution in [-0.4, -0.2) is 43.8 Å². The third kappa shape index (κ3) is 4.29. The lowest BCUT2D eigenvalue weighted by molar-refractivity contribution is 0.296. The van der Waals surface area contributed by atoms with Crippen LogP contribution in [0.2, 0.25) is 5.02 Å². The van der Waals surface area contributed by atoms with E-state index < -0.39 is 0 Å². The molecule has 1 aliphatic carbocycles. The molecule has 162 valence electrons. The fourth-order valence-electron chi connectivity index (χ4n) is 5.03. The quantitative estimate of drug-likeness (QED) is 0.641. The third-order valence-electron chi connectivity index (χ3n) is 6.60. The van der Waals surface area contributed by atoms with Gasteiger partial charge in [0.05, 0.1) is 5.69 Å². The SMILES string of the molecule is Cc1cc(CN2C[C@H]3CC(Nc4ncc(-c5cc(F)ccc5Cl)cn4)C[C@H]3C2)nn1C. The molecule has 2 aromatic heterocycles. The third-order valence-corrected chi connectivity index (χ3v) is 6.93. The van der Waals surface area contributed by atoms with Crippen molar-refractivity contribution in [3.8, 4) is 11.1 Å². The van der Waals surface area contributed by atoms with E-state index in [1.54, 1.807) is 18.5 Å². The van der Waals surface area contributed by atoms with Crippen LogP contribution in [0.25, 0.3) is 11.1 Å². The zero-order valence-electron chi connectivity index (χ0n) is 17.7. The molecule has 0 spiro atoms. The Morgan fingerprint density at radius 3 is 2.48 bits per heavy atom. The zero-order chi connectivity index (χ0) is 21.5.